The summed E-state index contributed by atoms with van der Waals surface area (Å²) >= 11 is 0. The summed E-state index contributed by atoms with van der Waals surface area (Å²) in [6.45, 7) is 3.59. The molecular formula is C15H22N2O3S2. The van der Waals surface area contributed by atoms with Gasteiger partial charge in [-0.15, -0.1) is 0 Å². The number of benzene rings is 1. The predicted molar refractivity (Wildman–Crippen MR) is 91.0 cm³/mol. The Hall–Kier alpha value is -1.18. The third-order valence-corrected chi connectivity index (χ3v) is 7.18. The highest BCUT2D eigenvalue weighted by molar-refractivity contribution is 7.89. The van der Waals surface area contributed by atoms with E-state index in [0.717, 1.165) is 10.9 Å². The summed E-state index contributed by atoms with van der Waals surface area (Å²) in [6.07, 6.45) is 1.58. The molecule has 0 spiro atoms. The van der Waals surface area contributed by atoms with Gasteiger partial charge in [-0.3, -0.25) is 4.21 Å². The molecule has 0 unspecified atom stereocenters. The molecule has 1 aromatic carbocycles. The molecule has 2 rings (SSSR count). The topological polar surface area (TPSA) is 59.4 Å². The van der Waals surface area contributed by atoms with Crippen LogP contribution in [0.1, 0.15) is 12.6 Å². The van der Waals surface area contributed by atoms with Crippen molar-refractivity contribution >= 4 is 31.7 Å². The lowest BCUT2D eigenvalue weighted by Gasteiger charge is -2.23. The van der Waals surface area contributed by atoms with Gasteiger partial charge in [0.15, 0.2) is 0 Å². The molecule has 122 valence electrons. The van der Waals surface area contributed by atoms with Crippen molar-refractivity contribution in [3.05, 3.63) is 30.0 Å². The Kier molecular flexibility index (Phi) is 4.79. The van der Waals surface area contributed by atoms with Crippen molar-refractivity contribution in [3.63, 3.8) is 0 Å². The second-order valence-corrected chi connectivity index (χ2v) is 9.01. The minimum atomic E-state index is -3.64. The zero-order chi connectivity index (χ0) is 16.7. The molecule has 0 amide bonds. The molecule has 1 aromatic heterocycles. The number of nitrogens with zero attached hydrogens (tertiary/aromatic N) is 2. The van der Waals surface area contributed by atoms with E-state index in [1.54, 1.807) is 20.2 Å². The van der Waals surface area contributed by atoms with Gasteiger partial charge in [-0.25, -0.2) is 8.42 Å². The molecule has 22 heavy (non-hydrogen) atoms. The first-order valence-corrected chi connectivity index (χ1v) is 10.2. The fraction of sp³-hybridized carbons (Fsp3) is 0.467. The van der Waals surface area contributed by atoms with Crippen LogP contribution in [0.5, 0.6) is 0 Å². The Morgan fingerprint density at radius 3 is 2.50 bits per heavy atom. The normalized spacial score (nSPS) is 15.4. The highest BCUT2D eigenvalue weighted by Gasteiger charge is 2.31. The molecule has 7 heteroatoms. The van der Waals surface area contributed by atoms with Crippen LogP contribution in [0.3, 0.4) is 0 Å². The molecular weight excluding hydrogens is 320 g/mol. The predicted octanol–water partition coefficient (Wildman–Crippen LogP) is 1.87. The van der Waals surface area contributed by atoms with Gasteiger partial charge in [0.1, 0.15) is 4.90 Å². The quantitative estimate of drug-likeness (QED) is 0.833. The van der Waals surface area contributed by atoms with Crippen molar-refractivity contribution in [2.45, 2.75) is 24.8 Å². The Morgan fingerprint density at radius 1 is 1.32 bits per heavy atom. The van der Waals surface area contributed by atoms with Crippen molar-refractivity contribution in [2.24, 2.45) is 7.05 Å². The van der Waals surface area contributed by atoms with E-state index in [2.05, 4.69) is 0 Å². The van der Waals surface area contributed by atoms with E-state index in [-0.39, 0.29) is 6.04 Å². The number of rotatable bonds is 5. The molecule has 0 radical (unpaired) electrons. The number of aryl methyl sites for hydroxylation is 1. The molecule has 0 aliphatic rings. The first-order valence-electron chi connectivity index (χ1n) is 7.00. The zero-order valence-corrected chi connectivity index (χ0v) is 15.2. The third-order valence-electron chi connectivity index (χ3n) is 4.08. The summed E-state index contributed by atoms with van der Waals surface area (Å²) in [5.74, 6) is 0.319. The van der Waals surface area contributed by atoms with Crippen molar-refractivity contribution in [3.8, 4) is 0 Å². The van der Waals surface area contributed by atoms with Gasteiger partial charge >= 0.3 is 0 Å². The van der Waals surface area contributed by atoms with Crippen molar-refractivity contribution < 1.29 is 12.6 Å². The van der Waals surface area contributed by atoms with Crippen molar-refractivity contribution in [1.82, 2.24) is 8.87 Å². The number of fused-ring (bicyclic) bond motifs is 1. The summed E-state index contributed by atoms with van der Waals surface area (Å²) in [5.41, 5.74) is 1.59. The molecule has 0 aliphatic carbocycles. The number of aromatic nitrogens is 1. The fourth-order valence-electron chi connectivity index (χ4n) is 2.64. The maximum absolute atomic E-state index is 13.0. The van der Waals surface area contributed by atoms with Gasteiger partial charge in [-0.1, -0.05) is 18.2 Å². The van der Waals surface area contributed by atoms with Crippen LogP contribution in [0, 0.1) is 6.92 Å². The molecule has 0 fully saturated rings. The van der Waals surface area contributed by atoms with Gasteiger partial charge in [-0.05, 0) is 19.9 Å². The van der Waals surface area contributed by atoms with Gasteiger partial charge in [0.25, 0.3) is 0 Å². The SMILES string of the molecule is Cc1c(S(=O)(=O)N(C)[C@@H](C)C[S@@](C)=O)c2ccccc2n1C. The first-order chi connectivity index (χ1) is 10.2. The average Bonchev–Trinajstić information content (AvgIpc) is 2.70. The number of hydrogen-bond donors (Lipinski definition) is 0. The maximum atomic E-state index is 13.0. The van der Waals surface area contributed by atoms with Crippen LogP contribution in [-0.4, -0.2) is 46.6 Å². The lowest BCUT2D eigenvalue weighted by atomic mass is 10.2. The van der Waals surface area contributed by atoms with Gasteiger partial charge < -0.3 is 4.57 Å². The van der Waals surface area contributed by atoms with Crippen molar-refractivity contribution in [1.29, 1.82) is 0 Å². The van der Waals surface area contributed by atoms with E-state index in [1.807, 2.05) is 42.8 Å². The lowest BCUT2D eigenvalue weighted by molar-refractivity contribution is 0.413. The van der Waals surface area contributed by atoms with Gasteiger partial charge in [0, 0.05) is 59.5 Å². The largest absolute Gasteiger partial charge is 0.347 e. The smallest absolute Gasteiger partial charge is 0.245 e. The summed E-state index contributed by atoms with van der Waals surface area (Å²) in [7, 11) is -1.28. The Balaban J connectivity index is 2.60. The average molecular weight is 342 g/mol. The van der Waals surface area contributed by atoms with Crippen LogP contribution < -0.4 is 0 Å². The maximum Gasteiger partial charge on any atom is 0.245 e. The molecule has 2 atom stereocenters. The van der Waals surface area contributed by atoms with Gasteiger partial charge in [-0.2, -0.15) is 4.31 Å². The molecule has 2 aromatic rings. The van der Waals surface area contributed by atoms with E-state index >= 15 is 0 Å². The summed E-state index contributed by atoms with van der Waals surface area (Å²) < 4.78 is 40.6. The molecule has 5 nitrogen and oxygen atoms in total. The van der Waals surface area contributed by atoms with Gasteiger partial charge in [0.05, 0.1) is 0 Å². The molecule has 0 saturated carbocycles. The summed E-state index contributed by atoms with van der Waals surface area (Å²) in [6, 6.07) is 7.14. The molecule has 0 saturated heterocycles. The van der Waals surface area contributed by atoms with Crippen LogP contribution in [0.2, 0.25) is 0 Å². The second kappa shape index (κ2) is 6.14. The third kappa shape index (κ3) is 2.85. The molecule has 0 N–H and O–H groups in total. The minimum Gasteiger partial charge on any atom is -0.347 e. The number of hydrogen-bond acceptors (Lipinski definition) is 3. The molecule has 0 bridgehead atoms. The summed E-state index contributed by atoms with van der Waals surface area (Å²) in [4.78, 5) is 0.335. The van der Waals surface area contributed by atoms with E-state index < -0.39 is 20.8 Å². The number of para-hydroxylation sites is 1. The standard InChI is InChI=1S/C15H22N2O3S2/c1-11(10-21(5)18)17(4)22(19,20)15-12(2)16(3)14-9-7-6-8-13(14)15/h6-9,11H,10H2,1-5H3/t11-,21+/m0/s1. The monoisotopic (exact) mass is 342 g/mol. The van der Waals surface area contributed by atoms with Crippen LogP contribution >= 0.6 is 0 Å². The van der Waals surface area contributed by atoms with E-state index in [9.17, 15) is 12.6 Å². The Bertz CT molecular complexity index is 825. The Morgan fingerprint density at radius 2 is 1.91 bits per heavy atom. The zero-order valence-electron chi connectivity index (χ0n) is 13.5. The highest BCUT2D eigenvalue weighted by atomic mass is 32.2. The van der Waals surface area contributed by atoms with E-state index in [4.69, 9.17) is 0 Å². The highest BCUT2D eigenvalue weighted by Crippen LogP contribution is 2.31. The summed E-state index contributed by atoms with van der Waals surface area (Å²) in [5, 5.41) is 0.721. The number of sulfonamides is 1. The fourth-order valence-corrected chi connectivity index (χ4v) is 5.43. The van der Waals surface area contributed by atoms with Crippen LogP contribution in [0.4, 0.5) is 0 Å². The lowest BCUT2D eigenvalue weighted by Crippen LogP contribution is -2.38. The van der Waals surface area contributed by atoms with Crippen LogP contribution in [-0.2, 0) is 27.9 Å². The van der Waals surface area contributed by atoms with E-state index in [1.165, 1.54) is 4.31 Å². The van der Waals surface area contributed by atoms with E-state index in [0.29, 0.717) is 16.3 Å². The first kappa shape index (κ1) is 17.2. The Labute approximate surface area is 134 Å². The van der Waals surface area contributed by atoms with Gasteiger partial charge in [0.2, 0.25) is 10.0 Å². The van der Waals surface area contributed by atoms with Crippen LogP contribution in [0.25, 0.3) is 10.9 Å². The minimum absolute atomic E-state index is 0.319. The molecule has 1 heterocycles. The van der Waals surface area contributed by atoms with Crippen LogP contribution in [0.15, 0.2) is 29.2 Å². The second-order valence-electron chi connectivity index (χ2n) is 5.60. The molecule has 0 aliphatic heterocycles. The van der Waals surface area contributed by atoms with Crippen molar-refractivity contribution in [2.75, 3.05) is 19.1 Å².